The molecule has 0 amide bonds. The minimum atomic E-state index is -0.889. The molecule has 0 bridgehead atoms. The first-order chi connectivity index (χ1) is 9.11. The Morgan fingerprint density at radius 2 is 2.16 bits per heavy atom. The van der Waals surface area contributed by atoms with Crippen molar-refractivity contribution >= 4 is 5.69 Å². The van der Waals surface area contributed by atoms with Gasteiger partial charge in [0.15, 0.2) is 11.5 Å². The highest BCUT2D eigenvalue weighted by atomic mass is 19.1. The van der Waals surface area contributed by atoms with Crippen molar-refractivity contribution in [2.24, 2.45) is 0 Å². The Balaban J connectivity index is 2.37. The largest absolute Gasteiger partial charge is 0.427 e. The third-order valence-electron chi connectivity index (χ3n) is 2.09. The van der Waals surface area contributed by atoms with Gasteiger partial charge < -0.3 is 4.74 Å². The molecule has 7 nitrogen and oxygen atoms in total. The minimum absolute atomic E-state index is 0.0513. The Bertz CT molecular complexity index is 667. The summed E-state index contributed by atoms with van der Waals surface area (Å²) < 4.78 is 18.5. The van der Waals surface area contributed by atoms with Crippen LogP contribution in [0.5, 0.6) is 11.6 Å². The van der Waals surface area contributed by atoms with E-state index in [1.807, 2.05) is 0 Å². The van der Waals surface area contributed by atoms with E-state index in [0.717, 1.165) is 24.5 Å². The van der Waals surface area contributed by atoms with Gasteiger partial charge in [-0.25, -0.2) is 14.4 Å². The number of rotatable bonds is 3. The summed E-state index contributed by atoms with van der Waals surface area (Å²) in [5.74, 6) is -1.58. The summed E-state index contributed by atoms with van der Waals surface area (Å²) >= 11 is 0. The topological polar surface area (TPSA) is 102 Å². The molecule has 0 spiro atoms. The van der Waals surface area contributed by atoms with Gasteiger partial charge in [-0.1, -0.05) is 6.07 Å². The summed E-state index contributed by atoms with van der Waals surface area (Å²) in [5.41, 5.74) is -0.471. The van der Waals surface area contributed by atoms with Gasteiger partial charge in [0.1, 0.15) is 6.07 Å². The zero-order valence-corrected chi connectivity index (χ0v) is 9.28. The van der Waals surface area contributed by atoms with Gasteiger partial charge >= 0.3 is 5.69 Å². The number of para-hydroxylation sites is 1. The van der Waals surface area contributed by atoms with Crippen molar-refractivity contribution in [3.8, 4) is 17.7 Å². The molecule has 0 aliphatic rings. The molecule has 0 aliphatic heterocycles. The second kappa shape index (κ2) is 5.05. The molecule has 0 saturated heterocycles. The zero-order chi connectivity index (χ0) is 13.8. The summed E-state index contributed by atoms with van der Waals surface area (Å²) in [6.45, 7) is 0. The highest BCUT2D eigenvalue weighted by molar-refractivity contribution is 5.48. The van der Waals surface area contributed by atoms with Crippen LogP contribution in [-0.4, -0.2) is 14.9 Å². The number of nitro groups is 1. The second-order valence-electron chi connectivity index (χ2n) is 3.30. The summed E-state index contributed by atoms with van der Waals surface area (Å²) in [6.07, 6.45) is 2.19. The summed E-state index contributed by atoms with van der Waals surface area (Å²) in [6, 6.07) is 5.08. The fraction of sp³-hybridized carbons (Fsp3) is 0. The van der Waals surface area contributed by atoms with Crippen LogP contribution in [0.25, 0.3) is 0 Å². The molecule has 0 unspecified atom stereocenters. The Labute approximate surface area is 106 Å². The summed E-state index contributed by atoms with van der Waals surface area (Å²) in [7, 11) is 0. The van der Waals surface area contributed by atoms with Crippen LogP contribution >= 0.6 is 0 Å². The fourth-order valence-electron chi connectivity index (χ4n) is 1.27. The van der Waals surface area contributed by atoms with Gasteiger partial charge in [0.05, 0.1) is 17.3 Å². The van der Waals surface area contributed by atoms with Gasteiger partial charge in [0.2, 0.25) is 11.6 Å². The molecule has 0 N–H and O–H groups in total. The number of halogens is 1. The molecule has 1 aromatic carbocycles. The molecule has 0 atom stereocenters. The van der Waals surface area contributed by atoms with Crippen molar-refractivity contribution in [1.29, 1.82) is 5.26 Å². The average Bonchev–Trinajstić information content (AvgIpc) is 2.41. The van der Waals surface area contributed by atoms with Gasteiger partial charge in [-0.15, -0.1) is 0 Å². The quantitative estimate of drug-likeness (QED) is 0.619. The molecule has 2 aromatic rings. The molecular formula is C11H5FN4O3. The number of ether oxygens (including phenoxy) is 1. The van der Waals surface area contributed by atoms with Crippen molar-refractivity contribution in [3.63, 3.8) is 0 Å². The highest BCUT2D eigenvalue weighted by Gasteiger charge is 2.20. The number of nitriles is 1. The first-order valence-corrected chi connectivity index (χ1v) is 4.94. The summed E-state index contributed by atoms with van der Waals surface area (Å²) in [5, 5.41) is 19.3. The predicted molar refractivity (Wildman–Crippen MR) is 59.9 cm³/mol. The average molecular weight is 260 g/mol. The van der Waals surface area contributed by atoms with E-state index in [4.69, 9.17) is 10.00 Å². The zero-order valence-electron chi connectivity index (χ0n) is 9.28. The maximum absolute atomic E-state index is 13.5. The molecule has 0 radical (unpaired) electrons. The molecule has 2 rings (SSSR count). The van der Waals surface area contributed by atoms with Crippen molar-refractivity contribution in [2.45, 2.75) is 0 Å². The van der Waals surface area contributed by atoms with E-state index in [9.17, 15) is 14.5 Å². The minimum Gasteiger partial charge on any atom is -0.427 e. The van der Waals surface area contributed by atoms with E-state index in [-0.39, 0.29) is 11.6 Å². The third kappa shape index (κ3) is 2.61. The van der Waals surface area contributed by atoms with E-state index in [1.54, 1.807) is 6.07 Å². The molecule has 0 fully saturated rings. The molecule has 0 saturated carbocycles. The van der Waals surface area contributed by atoms with Gasteiger partial charge in [0.25, 0.3) is 0 Å². The number of nitrogens with zero attached hydrogens (tertiary/aromatic N) is 4. The molecule has 0 aliphatic carbocycles. The van der Waals surface area contributed by atoms with Crippen LogP contribution in [-0.2, 0) is 0 Å². The third-order valence-corrected chi connectivity index (χ3v) is 2.09. The molecule has 19 heavy (non-hydrogen) atoms. The standard InChI is InChI=1S/C11H5FN4O3/c12-8-2-1-3-9(16(17)18)11(8)19-10-6-14-7(4-13)5-15-10/h1-3,5-6H. The monoisotopic (exact) mass is 260 g/mol. The highest BCUT2D eigenvalue weighted by Crippen LogP contribution is 2.32. The first kappa shape index (κ1) is 12.4. The Morgan fingerprint density at radius 1 is 1.37 bits per heavy atom. The molecule has 94 valence electrons. The fourth-order valence-corrected chi connectivity index (χ4v) is 1.27. The van der Waals surface area contributed by atoms with Gasteiger partial charge in [-0.2, -0.15) is 5.26 Å². The molecule has 1 heterocycles. The van der Waals surface area contributed by atoms with E-state index in [1.165, 1.54) is 6.07 Å². The maximum atomic E-state index is 13.5. The number of aromatic nitrogens is 2. The van der Waals surface area contributed by atoms with Crippen LogP contribution in [0.2, 0.25) is 0 Å². The number of benzene rings is 1. The van der Waals surface area contributed by atoms with E-state index < -0.39 is 22.2 Å². The van der Waals surface area contributed by atoms with Gasteiger partial charge in [-0.3, -0.25) is 10.1 Å². The van der Waals surface area contributed by atoms with Crippen LogP contribution in [0.1, 0.15) is 5.69 Å². The Hall–Kier alpha value is -3.08. The normalized spacial score (nSPS) is 9.68. The van der Waals surface area contributed by atoms with Crippen LogP contribution in [0.4, 0.5) is 10.1 Å². The Morgan fingerprint density at radius 3 is 2.74 bits per heavy atom. The van der Waals surface area contributed by atoms with Crippen LogP contribution < -0.4 is 4.74 Å². The van der Waals surface area contributed by atoms with Crippen molar-refractivity contribution < 1.29 is 14.1 Å². The second-order valence-corrected chi connectivity index (χ2v) is 3.30. The lowest BCUT2D eigenvalue weighted by atomic mass is 10.3. The van der Waals surface area contributed by atoms with Crippen LogP contribution in [0.15, 0.2) is 30.6 Å². The van der Waals surface area contributed by atoms with Crippen molar-refractivity contribution in [3.05, 3.63) is 52.2 Å². The van der Waals surface area contributed by atoms with Gasteiger partial charge in [-0.05, 0) is 6.07 Å². The lowest BCUT2D eigenvalue weighted by molar-refractivity contribution is -0.385. The SMILES string of the molecule is N#Cc1cnc(Oc2c(F)cccc2[N+](=O)[O-])cn1. The van der Waals surface area contributed by atoms with Crippen molar-refractivity contribution in [1.82, 2.24) is 9.97 Å². The molecule has 1 aromatic heterocycles. The maximum Gasteiger partial charge on any atom is 0.314 e. The van der Waals surface area contributed by atoms with Crippen molar-refractivity contribution in [2.75, 3.05) is 0 Å². The van der Waals surface area contributed by atoms with E-state index in [0.29, 0.717) is 0 Å². The smallest absolute Gasteiger partial charge is 0.314 e. The number of hydrogen-bond donors (Lipinski definition) is 0. The van der Waals surface area contributed by atoms with Crippen LogP contribution in [0, 0.1) is 27.3 Å². The predicted octanol–water partition coefficient (Wildman–Crippen LogP) is 2.19. The van der Waals surface area contributed by atoms with E-state index >= 15 is 0 Å². The first-order valence-electron chi connectivity index (χ1n) is 4.94. The lowest BCUT2D eigenvalue weighted by Gasteiger charge is -2.05. The van der Waals surface area contributed by atoms with Gasteiger partial charge in [0, 0.05) is 6.07 Å². The van der Waals surface area contributed by atoms with E-state index in [2.05, 4.69) is 9.97 Å². The summed E-state index contributed by atoms with van der Waals surface area (Å²) in [4.78, 5) is 17.3. The molecular weight excluding hydrogens is 255 g/mol. The molecule has 8 heteroatoms. The number of nitro benzene ring substituents is 1. The number of hydrogen-bond acceptors (Lipinski definition) is 6. The van der Waals surface area contributed by atoms with Crippen LogP contribution in [0.3, 0.4) is 0 Å². The Kier molecular flexibility index (Phi) is 3.29. The lowest BCUT2D eigenvalue weighted by Crippen LogP contribution is -1.98.